The molecule has 0 saturated heterocycles. The summed E-state index contributed by atoms with van der Waals surface area (Å²) in [7, 11) is 0. The molecule has 2 rings (SSSR count). The van der Waals surface area contributed by atoms with Gasteiger partial charge < -0.3 is 10.2 Å². The maximum Gasteiger partial charge on any atom is 2.00 e. The maximum absolute atomic E-state index is 11.3. The summed E-state index contributed by atoms with van der Waals surface area (Å²) in [6.07, 6.45) is 3.04. The molecule has 1 radical (unpaired) electrons. The van der Waals surface area contributed by atoms with E-state index in [0.29, 0.717) is 24.0 Å². The van der Waals surface area contributed by atoms with Crippen LogP contribution < -0.4 is 10.2 Å². The van der Waals surface area contributed by atoms with Crippen LogP contribution in [0.25, 0.3) is 11.5 Å². The second-order valence-corrected chi connectivity index (χ2v) is 5.39. The minimum Gasteiger partial charge on any atom is -0.872 e. The van der Waals surface area contributed by atoms with Gasteiger partial charge >= 0.3 is 17.1 Å². The molecule has 0 aliphatic carbocycles. The Labute approximate surface area is 170 Å². The number of ketones is 2. The van der Waals surface area contributed by atoms with Gasteiger partial charge in [-0.15, -0.1) is 0 Å². The van der Waals surface area contributed by atoms with E-state index in [0.717, 1.165) is 12.2 Å². The Morgan fingerprint density at radius 3 is 1.26 bits per heavy atom. The van der Waals surface area contributed by atoms with Crippen molar-refractivity contribution < 1.29 is 36.9 Å². The Morgan fingerprint density at radius 2 is 1.00 bits per heavy atom. The van der Waals surface area contributed by atoms with Gasteiger partial charge in [-0.25, -0.2) is 0 Å². The molecule has 2 aromatic carbocycles. The molecule has 0 fully saturated rings. The molecule has 5 heteroatoms. The van der Waals surface area contributed by atoms with E-state index in [1.165, 1.54) is 0 Å². The summed E-state index contributed by atoms with van der Waals surface area (Å²) in [5, 5.41) is 22.7. The summed E-state index contributed by atoms with van der Waals surface area (Å²) in [6, 6.07) is 17.5. The van der Waals surface area contributed by atoms with Gasteiger partial charge in [0.05, 0.1) is 0 Å². The third kappa shape index (κ3) is 9.59. The number of carbonyl (C=O) groups excluding carboxylic acids is 2. The number of hydrogen-bond acceptors (Lipinski definition) is 4. The standard InChI is InChI=1S/2C11H12O2.Cu/c2*1-2-10(12)8-11(13)9-6-4-3-5-7-9;/h2*3-8,13H,2H2,1H3;/q;;+2/p-2. The number of hydrogen-bond donors (Lipinski definition) is 0. The zero-order valence-corrected chi connectivity index (χ0v) is 16.2. The van der Waals surface area contributed by atoms with Crippen LogP contribution in [0.2, 0.25) is 0 Å². The molecule has 0 N–H and O–H groups in total. The second kappa shape index (κ2) is 13.6. The Balaban J connectivity index is 0.000000483. The number of allylic oxidation sites excluding steroid dienone is 2. The monoisotopic (exact) mass is 413 g/mol. The van der Waals surface area contributed by atoms with E-state index >= 15 is 0 Å². The summed E-state index contributed by atoms with van der Waals surface area (Å²) >= 11 is 0. The van der Waals surface area contributed by atoms with Gasteiger partial charge in [-0.2, -0.15) is 0 Å². The van der Waals surface area contributed by atoms with Crippen molar-refractivity contribution in [3.8, 4) is 0 Å². The predicted octanol–water partition coefficient (Wildman–Crippen LogP) is 2.73. The van der Waals surface area contributed by atoms with Crippen LogP contribution in [-0.2, 0) is 26.7 Å². The molecule has 2 aromatic rings. The average Bonchev–Trinajstić information content (AvgIpc) is 2.69. The summed E-state index contributed by atoms with van der Waals surface area (Å²) < 4.78 is 0. The topological polar surface area (TPSA) is 80.3 Å². The first kappa shape index (κ1) is 24.4. The van der Waals surface area contributed by atoms with Crippen molar-refractivity contribution in [3.05, 3.63) is 83.9 Å². The van der Waals surface area contributed by atoms with Crippen molar-refractivity contribution in [3.63, 3.8) is 0 Å². The van der Waals surface area contributed by atoms with Crippen LogP contribution in [0, 0.1) is 0 Å². The molecule has 0 aliphatic rings. The SMILES string of the molecule is CCC(=O)C=C([O-])c1ccccc1.CCC(=O)C=C([O-])c1ccccc1.[Cu+2]. The van der Waals surface area contributed by atoms with Crippen LogP contribution in [0.4, 0.5) is 0 Å². The van der Waals surface area contributed by atoms with Gasteiger partial charge in [-0.1, -0.05) is 86.0 Å². The van der Waals surface area contributed by atoms with Gasteiger partial charge in [-0.05, 0) is 23.3 Å². The molecule has 0 heterocycles. The first-order chi connectivity index (χ1) is 12.5. The maximum atomic E-state index is 11.3. The minimum absolute atomic E-state index is 0. The molecule has 0 amide bonds. The number of benzene rings is 2. The summed E-state index contributed by atoms with van der Waals surface area (Å²) in [5.41, 5.74) is 1.12. The number of carbonyl (C=O) groups is 2. The quantitative estimate of drug-likeness (QED) is 0.414. The fourth-order valence-electron chi connectivity index (χ4n) is 1.87. The zero-order chi connectivity index (χ0) is 19.4. The third-order valence-corrected chi connectivity index (χ3v) is 3.40. The Morgan fingerprint density at radius 1 is 0.704 bits per heavy atom. The van der Waals surface area contributed by atoms with Crippen molar-refractivity contribution in [2.24, 2.45) is 0 Å². The largest absolute Gasteiger partial charge is 2.00 e. The van der Waals surface area contributed by atoms with E-state index in [9.17, 15) is 19.8 Å². The summed E-state index contributed by atoms with van der Waals surface area (Å²) in [4.78, 5) is 21.8. The van der Waals surface area contributed by atoms with Crippen LogP contribution in [0.15, 0.2) is 72.8 Å². The molecule has 27 heavy (non-hydrogen) atoms. The van der Waals surface area contributed by atoms with Crippen LogP contribution in [-0.4, -0.2) is 11.6 Å². The van der Waals surface area contributed by atoms with E-state index in [2.05, 4.69) is 0 Å². The van der Waals surface area contributed by atoms with Gasteiger partial charge in [0.15, 0.2) is 11.6 Å². The third-order valence-electron chi connectivity index (χ3n) is 3.40. The molecule has 0 atom stereocenters. The van der Waals surface area contributed by atoms with Gasteiger partial charge in [0.25, 0.3) is 0 Å². The number of rotatable bonds is 6. The van der Waals surface area contributed by atoms with E-state index in [4.69, 9.17) is 0 Å². The molecular weight excluding hydrogens is 392 g/mol. The van der Waals surface area contributed by atoms with E-state index < -0.39 is 0 Å². The first-order valence-corrected chi connectivity index (χ1v) is 8.41. The van der Waals surface area contributed by atoms with Crippen LogP contribution >= 0.6 is 0 Å². The molecule has 4 nitrogen and oxygen atoms in total. The molecule has 0 bridgehead atoms. The van der Waals surface area contributed by atoms with Crippen molar-refractivity contribution in [2.45, 2.75) is 26.7 Å². The van der Waals surface area contributed by atoms with Gasteiger partial charge in [0.2, 0.25) is 0 Å². The van der Waals surface area contributed by atoms with E-state index in [1.807, 2.05) is 12.1 Å². The predicted molar refractivity (Wildman–Crippen MR) is 99.4 cm³/mol. The van der Waals surface area contributed by atoms with Crippen LogP contribution in [0.3, 0.4) is 0 Å². The van der Waals surface area contributed by atoms with Gasteiger partial charge in [-0.3, -0.25) is 9.59 Å². The van der Waals surface area contributed by atoms with Crippen molar-refractivity contribution in [1.29, 1.82) is 0 Å². The normalized spacial score (nSPS) is 10.9. The Kier molecular flexibility index (Phi) is 12.2. The molecule has 0 aliphatic heterocycles. The molecule has 0 aromatic heterocycles. The molecule has 0 unspecified atom stereocenters. The summed E-state index contributed by atoms with van der Waals surface area (Å²) in [5.74, 6) is -0.692. The first-order valence-electron chi connectivity index (χ1n) is 8.41. The van der Waals surface area contributed by atoms with Gasteiger partial charge in [0.1, 0.15) is 0 Å². The molecule has 0 spiro atoms. The van der Waals surface area contributed by atoms with Crippen LogP contribution in [0.5, 0.6) is 0 Å². The fourth-order valence-corrected chi connectivity index (χ4v) is 1.87. The Hall–Kier alpha value is -2.62. The fraction of sp³-hybridized carbons (Fsp3) is 0.182. The molecular formula is C22H22CuO4. The van der Waals surface area contributed by atoms with E-state index in [-0.39, 0.29) is 40.2 Å². The smallest absolute Gasteiger partial charge is 0.872 e. The second-order valence-electron chi connectivity index (χ2n) is 5.39. The van der Waals surface area contributed by atoms with Crippen molar-refractivity contribution in [2.75, 3.05) is 0 Å². The van der Waals surface area contributed by atoms with E-state index in [1.54, 1.807) is 62.4 Å². The molecule has 0 saturated carbocycles. The van der Waals surface area contributed by atoms with Crippen LogP contribution in [0.1, 0.15) is 37.8 Å². The minimum atomic E-state index is -0.215. The average molecular weight is 414 g/mol. The van der Waals surface area contributed by atoms with Crippen molar-refractivity contribution in [1.82, 2.24) is 0 Å². The summed E-state index contributed by atoms with van der Waals surface area (Å²) in [6.45, 7) is 3.47. The molecule has 145 valence electrons. The van der Waals surface area contributed by atoms with Crippen molar-refractivity contribution >= 4 is 23.1 Å². The van der Waals surface area contributed by atoms with Gasteiger partial charge in [0, 0.05) is 12.8 Å². The zero-order valence-electron chi connectivity index (χ0n) is 15.3. The Bertz CT molecular complexity index is 698.